The molecule has 5 nitrogen and oxygen atoms in total. The fourth-order valence-electron chi connectivity index (χ4n) is 3.32. The van der Waals surface area contributed by atoms with Gasteiger partial charge in [0, 0.05) is 44.8 Å². The number of fused-ring (bicyclic) bond motifs is 3. The first-order valence-corrected chi connectivity index (χ1v) is 9.69. The van der Waals surface area contributed by atoms with Gasteiger partial charge in [0.1, 0.15) is 5.75 Å². The van der Waals surface area contributed by atoms with Crippen LogP contribution in [0.3, 0.4) is 0 Å². The molecule has 0 saturated heterocycles. The largest absolute Gasteiger partial charge is 0.507 e. The molecule has 3 aromatic carbocycles. The first-order valence-electron chi connectivity index (χ1n) is 8.90. The number of rotatable bonds is 5. The second kappa shape index (κ2) is 7.86. The van der Waals surface area contributed by atoms with Gasteiger partial charge in [0.05, 0.1) is 6.21 Å². The van der Waals surface area contributed by atoms with Gasteiger partial charge in [-0.1, -0.05) is 52.3 Å². The van der Waals surface area contributed by atoms with E-state index in [1.165, 1.54) is 17.0 Å². The Morgan fingerprint density at radius 1 is 1.04 bits per heavy atom. The number of carbonyl (C=O) groups is 1. The SMILES string of the molecule is O=C(CCn1c2ccccc2c2ccccc21)N/N=C\c1cc(Br)ccc1O. The number of amides is 1. The number of halogens is 1. The van der Waals surface area contributed by atoms with Crippen molar-refractivity contribution >= 4 is 49.9 Å². The number of aryl methyl sites for hydroxylation is 1. The quantitative estimate of drug-likeness (QED) is 0.349. The van der Waals surface area contributed by atoms with Gasteiger partial charge in [-0.25, -0.2) is 5.43 Å². The minimum Gasteiger partial charge on any atom is -0.507 e. The molecule has 28 heavy (non-hydrogen) atoms. The molecule has 0 aliphatic carbocycles. The summed E-state index contributed by atoms with van der Waals surface area (Å²) in [6.07, 6.45) is 1.73. The van der Waals surface area contributed by atoms with Crippen molar-refractivity contribution in [2.75, 3.05) is 0 Å². The minimum atomic E-state index is -0.187. The second-order valence-electron chi connectivity index (χ2n) is 6.43. The van der Waals surface area contributed by atoms with E-state index in [-0.39, 0.29) is 11.7 Å². The average Bonchev–Trinajstić information content (AvgIpc) is 3.03. The summed E-state index contributed by atoms with van der Waals surface area (Å²) in [5.74, 6) is -0.0842. The van der Waals surface area contributed by atoms with Crippen LogP contribution in [0.25, 0.3) is 21.8 Å². The van der Waals surface area contributed by atoms with E-state index >= 15 is 0 Å². The van der Waals surface area contributed by atoms with Crippen molar-refractivity contribution in [1.29, 1.82) is 0 Å². The highest BCUT2D eigenvalue weighted by atomic mass is 79.9. The Kier molecular flexibility index (Phi) is 5.12. The summed E-state index contributed by atoms with van der Waals surface area (Å²) in [6, 6.07) is 21.4. The van der Waals surface area contributed by atoms with Gasteiger partial charge in [0.25, 0.3) is 0 Å². The van der Waals surface area contributed by atoms with Gasteiger partial charge in [-0.2, -0.15) is 5.10 Å². The van der Waals surface area contributed by atoms with Crippen LogP contribution >= 0.6 is 15.9 Å². The van der Waals surface area contributed by atoms with Crippen molar-refractivity contribution in [3.05, 3.63) is 76.8 Å². The summed E-state index contributed by atoms with van der Waals surface area (Å²) in [6.45, 7) is 0.553. The molecule has 2 N–H and O–H groups in total. The van der Waals surface area contributed by atoms with Gasteiger partial charge < -0.3 is 9.67 Å². The van der Waals surface area contributed by atoms with Gasteiger partial charge in [-0.05, 0) is 30.3 Å². The predicted molar refractivity (Wildman–Crippen MR) is 116 cm³/mol. The molecule has 6 heteroatoms. The van der Waals surface area contributed by atoms with Crippen LogP contribution in [0.5, 0.6) is 5.75 Å². The number of benzene rings is 3. The van der Waals surface area contributed by atoms with Crippen LogP contribution in [0.15, 0.2) is 76.3 Å². The lowest BCUT2D eigenvalue weighted by Crippen LogP contribution is -2.19. The molecule has 0 fully saturated rings. The van der Waals surface area contributed by atoms with E-state index in [1.54, 1.807) is 18.2 Å². The summed E-state index contributed by atoms with van der Waals surface area (Å²) in [5, 5.41) is 16.1. The first-order chi connectivity index (χ1) is 13.6. The molecule has 0 saturated carbocycles. The maximum atomic E-state index is 12.2. The Labute approximate surface area is 170 Å². The molecular formula is C22H18BrN3O2. The summed E-state index contributed by atoms with van der Waals surface area (Å²) in [5.41, 5.74) is 5.27. The molecule has 0 aliphatic rings. The van der Waals surface area contributed by atoms with Gasteiger partial charge >= 0.3 is 0 Å². The number of nitrogens with one attached hydrogen (secondary N) is 1. The van der Waals surface area contributed by atoms with Crippen LogP contribution in [-0.2, 0) is 11.3 Å². The number of hydrazone groups is 1. The standard InChI is InChI=1S/C22H18BrN3O2/c23-16-9-10-21(27)15(13-16)14-24-25-22(28)11-12-26-19-7-3-1-5-17(19)18-6-2-4-8-20(18)26/h1-10,13-14,27H,11-12H2,(H,25,28)/b24-14-. The fraction of sp³-hybridized carbons (Fsp3) is 0.0909. The van der Waals surface area contributed by atoms with Gasteiger partial charge in [-0.3, -0.25) is 4.79 Å². The van der Waals surface area contributed by atoms with Crippen LogP contribution in [0.2, 0.25) is 0 Å². The summed E-state index contributed by atoms with van der Waals surface area (Å²) in [4.78, 5) is 12.2. The third-order valence-electron chi connectivity index (χ3n) is 4.62. The van der Waals surface area contributed by atoms with Crippen molar-refractivity contribution in [2.24, 2.45) is 5.10 Å². The Balaban J connectivity index is 1.48. The molecule has 140 valence electrons. The Bertz CT molecular complexity index is 1140. The zero-order valence-electron chi connectivity index (χ0n) is 15.0. The summed E-state index contributed by atoms with van der Waals surface area (Å²) < 4.78 is 2.98. The molecule has 1 aromatic heterocycles. The van der Waals surface area contributed by atoms with E-state index in [2.05, 4.69) is 55.3 Å². The van der Waals surface area contributed by atoms with Gasteiger partial charge in [-0.15, -0.1) is 0 Å². The monoisotopic (exact) mass is 435 g/mol. The normalized spacial score (nSPS) is 11.5. The van der Waals surface area contributed by atoms with Crippen molar-refractivity contribution in [3.63, 3.8) is 0 Å². The van der Waals surface area contributed by atoms with E-state index in [0.29, 0.717) is 18.5 Å². The predicted octanol–water partition coefficient (Wildman–Crippen LogP) is 4.80. The Morgan fingerprint density at radius 3 is 2.36 bits per heavy atom. The zero-order valence-corrected chi connectivity index (χ0v) is 16.6. The molecule has 0 atom stereocenters. The van der Waals surface area contributed by atoms with E-state index in [4.69, 9.17) is 0 Å². The molecule has 4 rings (SSSR count). The summed E-state index contributed by atoms with van der Waals surface area (Å²) in [7, 11) is 0. The van der Waals surface area contributed by atoms with Crippen LogP contribution in [0.1, 0.15) is 12.0 Å². The van der Waals surface area contributed by atoms with Crippen molar-refractivity contribution < 1.29 is 9.90 Å². The van der Waals surface area contributed by atoms with Crippen LogP contribution in [0.4, 0.5) is 0 Å². The number of nitrogens with zero attached hydrogens (tertiary/aromatic N) is 2. The third-order valence-corrected chi connectivity index (χ3v) is 5.12. The summed E-state index contributed by atoms with van der Waals surface area (Å²) >= 11 is 3.34. The molecule has 4 aromatic rings. The van der Waals surface area contributed by atoms with Gasteiger partial charge in [0.15, 0.2) is 0 Å². The molecular weight excluding hydrogens is 418 g/mol. The average molecular weight is 436 g/mol. The van der Waals surface area contributed by atoms with Crippen molar-refractivity contribution in [3.8, 4) is 5.75 Å². The first kappa shape index (κ1) is 18.3. The molecule has 0 aliphatic heterocycles. The van der Waals surface area contributed by atoms with Gasteiger partial charge in [0.2, 0.25) is 5.91 Å². The maximum absolute atomic E-state index is 12.2. The Hall–Kier alpha value is -3.12. The van der Waals surface area contributed by atoms with Crippen LogP contribution in [-0.4, -0.2) is 21.8 Å². The lowest BCUT2D eigenvalue weighted by molar-refractivity contribution is -0.121. The smallest absolute Gasteiger partial charge is 0.241 e. The lowest BCUT2D eigenvalue weighted by atomic mass is 10.2. The molecule has 0 bridgehead atoms. The van der Waals surface area contributed by atoms with E-state index in [1.807, 2.05) is 24.3 Å². The number of carbonyl (C=O) groups excluding carboxylic acids is 1. The highest BCUT2D eigenvalue weighted by Crippen LogP contribution is 2.28. The highest BCUT2D eigenvalue weighted by molar-refractivity contribution is 9.10. The highest BCUT2D eigenvalue weighted by Gasteiger charge is 2.10. The third kappa shape index (κ3) is 3.64. The maximum Gasteiger partial charge on any atom is 0.241 e. The molecule has 0 unspecified atom stereocenters. The molecule has 0 radical (unpaired) electrons. The zero-order chi connectivity index (χ0) is 19.5. The molecule has 1 amide bonds. The number of hydrogen-bond donors (Lipinski definition) is 2. The van der Waals surface area contributed by atoms with E-state index in [0.717, 1.165) is 15.5 Å². The minimum absolute atomic E-state index is 0.103. The van der Waals surface area contributed by atoms with E-state index in [9.17, 15) is 9.90 Å². The molecule has 1 heterocycles. The lowest BCUT2D eigenvalue weighted by Gasteiger charge is -2.07. The van der Waals surface area contributed by atoms with E-state index < -0.39 is 0 Å². The number of phenolic OH excluding ortho intramolecular Hbond substituents is 1. The van der Waals surface area contributed by atoms with Crippen molar-refractivity contribution in [2.45, 2.75) is 13.0 Å². The van der Waals surface area contributed by atoms with Crippen molar-refractivity contribution in [1.82, 2.24) is 9.99 Å². The Morgan fingerprint density at radius 2 is 1.68 bits per heavy atom. The number of aromatic hydroxyl groups is 1. The van der Waals surface area contributed by atoms with Crippen LogP contribution < -0.4 is 5.43 Å². The number of aromatic nitrogens is 1. The fourth-order valence-corrected chi connectivity index (χ4v) is 3.69. The number of para-hydroxylation sites is 2. The second-order valence-corrected chi connectivity index (χ2v) is 7.35. The van der Waals surface area contributed by atoms with Crippen LogP contribution in [0, 0.1) is 0 Å². The topological polar surface area (TPSA) is 66.6 Å². The number of phenols is 1. The number of hydrogen-bond acceptors (Lipinski definition) is 3. The molecule has 0 spiro atoms.